The molecule has 5 rings (SSSR count). The summed E-state index contributed by atoms with van der Waals surface area (Å²) in [4.78, 5) is 45.6. The minimum atomic E-state index is -4.81. The number of amides is 1. The van der Waals surface area contributed by atoms with Gasteiger partial charge in [-0.1, -0.05) is 32.0 Å². The van der Waals surface area contributed by atoms with Crippen molar-refractivity contribution < 1.29 is 32.3 Å². The molecule has 2 N–H and O–H groups in total. The van der Waals surface area contributed by atoms with Gasteiger partial charge in [0.05, 0.1) is 18.0 Å². The summed E-state index contributed by atoms with van der Waals surface area (Å²) in [6.45, 7) is 7.94. The topological polar surface area (TPSA) is 109 Å². The summed E-state index contributed by atoms with van der Waals surface area (Å²) >= 11 is 0. The molecule has 48 heavy (non-hydrogen) atoms. The summed E-state index contributed by atoms with van der Waals surface area (Å²) in [6.07, 6.45) is -0.243. The highest BCUT2D eigenvalue weighted by Crippen LogP contribution is 2.35. The average molecular weight is 670 g/mol. The zero-order valence-electron chi connectivity index (χ0n) is 27.2. The normalized spacial score (nSPS) is 15.4. The standard InChI is InChI=1S/C35H39F4N5O4/c1-20(2)12-29(44-17-23(8-10-42-18-25(36)19-42)27(14-30(44)45)35(37,38)39)34(48)41-28(15-31(46)47)24-13-26(33-40-9-11-43(33)16-24)32-21(3)6-5-7-22(32)4/h5-7,9,11,13-14,16-17,20,25,28-29H,8,10,12,15,18-19H2,1-4H3,(H,41,48)(H,46,47)/t28-,29+/m0/s1. The second-order valence-corrected chi connectivity index (χ2v) is 13.0. The molecule has 0 bridgehead atoms. The van der Waals surface area contributed by atoms with E-state index in [0.717, 1.165) is 33.0 Å². The fourth-order valence-electron chi connectivity index (χ4n) is 6.42. The molecule has 1 amide bonds. The lowest BCUT2D eigenvalue weighted by Gasteiger charge is -2.34. The predicted molar refractivity (Wildman–Crippen MR) is 172 cm³/mol. The van der Waals surface area contributed by atoms with Crippen LogP contribution in [0.3, 0.4) is 0 Å². The number of aromatic nitrogens is 3. The summed E-state index contributed by atoms with van der Waals surface area (Å²) in [5, 5.41) is 12.7. The Bertz CT molecular complexity index is 1860. The molecule has 1 saturated heterocycles. The molecule has 9 nitrogen and oxygen atoms in total. The van der Waals surface area contributed by atoms with E-state index in [-0.39, 0.29) is 44.0 Å². The molecule has 1 aliphatic rings. The number of nitrogens with one attached hydrogen (secondary N) is 1. The molecule has 13 heteroatoms. The number of carboxylic acid groups (broad SMARTS) is 1. The number of alkyl halides is 4. The number of hydrogen-bond acceptors (Lipinski definition) is 5. The molecule has 2 atom stereocenters. The van der Waals surface area contributed by atoms with Crippen LogP contribution in [0.4, 0.5) is 17.6 Å². The van der Waals surface area contributed by atoms with Gasteiger partial charge in [0.25, 0.3) is 5.56 Å². The van der Waals surface area contributed by atoms with Gasteiger partial charge in [-0.2, -0.15) is 13.2 Å². The van der Waals surface area contributed by atoms with Crippen LogP contribution in [0.15, 0.2) is 59.9 Å². The summed E-state index contributed by atoms with van der Waals surface area (Å²) in [6, 6.07) is 5.86. The fourth-order valence-corrected chi connectivity index (χ4v) is 6.42. The third-order valence-corrected chi connectivity index (χ3v) is 8.77. The zero-order chi connectivity index (χ0) is 34.9. The quantitative estimate of drug-likeness (QED) is 0.182. The molecule has 3 aromatic heterocycles. The number of carboxylic acids is 1. The van der Waals surface area contributed by atoms with E-state index in [0.29, 0.717) is 17.3 Å². The number of likely N-dealkylation sites (tertiary alicyclic amines) is 1. The number of hydrogen-bond donors (Lipinski definition) is 2. The van der Waals surface area contributed by atoms with Crippen molar-refractivity contribution in [1.29, 1.82) is 0 Å². The van der Waals surface area contributed by atoms with Gasteiger partial charge in [-0.3, -0.25) is 19.3 Å². The highest BCUT2D eigenvalue weighted by molar-refractivity contribution is 5.84. The molecule has 1 aromatic carbocycles. The van der Waals surface area contributed by atoms with Crippen LogP contribution in [0.1, 0.15) is 66.6 Å². The van der Waals surface area contributed by atoms with Gasteiger partial charge >= 0.3 is 12.1 Å². The van der Waals surface area contributed by atoms with Gasteiger partial charge in [-0.05, 0) is 66.5 Å². The summed E-state index contributed by atoms with van der Waals surface area (Å²) in [5.41, 5.74) is 2.42. The van der Waals surface area contributed by atoms with Crippen LogP contribution in [0, 0.1) is 19.8 Å². The first-order chi connectivity index (χ1) is 22.6. The maximum atomic E-state index is 14.1. The van der Waals surface area contributed by atoms with E-state index in [1.54, 1.807) is 34.0 Å². The lowest BCUT2D eigenvalue weighted by atomic mass is 9.93. The number of aliphatic carboxylic acids is 1. The number of nitrogens with zero attached hydrogens (tertiary/aromatic N) is 4. The Morgan fingerprint density at radius 2 is 1.79 bits per heavy atom. The van der Waals surface area contributed by atoms with Gasteiger partial charge in [0, 0.05) is 56.1 Å². The largest absolute Gasteiger partial charge is 0.481 e. The van der Waals surface area contributed by atoms with Crippen molar-refractivity contribution in [3.8, 4) is 11.1 Å². The zero-order valence-corrected chi connectivity index (χ0v) is 27.2. The van der Waals surface area contributed by atoms with Crippen LogP contribution >= 0.6 is 0 Å². The van der Waals surface area contributed by atoms with Crippen LogP contribution in [0.25, 0.3) is 16.8 Å². The minimum Gasteiger partial charge on any atom is -0.481 e. The van der Waals surface area contributed by atoms with E-state index in [9.17, 15) is 37.1 Å². The van der Waals surface area contributed by atoms with Crippen molar-refractivity contribution in [2.75, 3.05) is 19.6 Å². The molecule has 0 aliphatic carbocycles. The number of rotatable bonds is 12. The van der Waals surface area contributed by atoms with E-state index < -0.39 is 53.9 Å². The molecule has 0 spiro atoms. The van der Waals surface area contributed by atoms with E-state index >= 15 is 0 Å². The highest BCUT2D eigenvalue weighted by atomic mass is 19.4. The average Bonchev–Trinajstić information content (AvgIpc) is 3.46. The van der Waals surface area contributed by atoms with Crippen LogP contribution in [-0.2, 0) is 22.2 Å². The van der Waals surface area contributed by atoms with Crippen molar-refractivity contribution >= 4 is 17.5 Å². The molecule has 256 valence electrons. The molecular weight excluding hydrogens is 630 g/mol. The number of aryl methyl sites for hydroxylation is 2. The second kappa shape index (κ2) is 13.9. The maximum Gasteiger partial charge on any atom is 0.416 e. The van der Waals surface area contributed by atoms with E-state index in [1.165, 1.54) is 0 Å². The minimum absolute atomic E-state index is 0.0974. The number of carbonyl (C=O) groups is 2. The third kappa shape index (κ3) is 7.61. The van der Waals surface area contributed by atoms with E-state index in [2.05, 4.69) is 10.3 Å². The van der Waals surface area contributed by atoms with Crippen LogP contribution in [-0.4, -0.2) is 61.6 Å². The van der Waals surface area contributed by atoms with Gasteiger partial charge in [0.1, 0.15) is 17.9 Å². The second-order valence-electron chi connectivity index (χ2n) is 13.0. The molecule has 0 saturated carbocycles. The van der Waals surface area contributed by atoms with Gasteiger partial charge in [-0.25, -0.2) is 9.37 Å². The molecular formula is C35H39F4N5O4. The number of imidazole rings is 1. The predicted octanol–water partition coefficient (Wildman–Crippen LogP) is 5.91. The molecule has 0 radical (unpaired) electrons. The number of carbonyl (C=O) groups excluding carboxylic acids is 1. The van der Waals surface area contributed by atoms with Crippen molar-refractivity contribution in [3.05, 3.63) is 93.3 Å². The summed E-state index contributed by atoms with van der Waals surface area (Å²) in [5.74, 6) is -2.04. The Kier molecular flexibility index (Phi) is 10.1. The van der Waals surface area contributed by atoms with Gasteiger partial charge < -0.3 is 19.4 Å². The Labute approximate surface area is 275 Å². The lowest BCUT2D eigenvalue weighted by molar-refractivity contribution is -0.139. The van der Waals surface area contributed by atoms with Gasteiger partial charge in [-0.15, -0.1) is 0 Å². The van der Waals surface area contributed by atoms with Crippen molar-refractivity contribution in [3.63, 3.8) is 0 Å². The molecule has 0 unspecified atom stereocenters. The first-order valence-electron chi connectivity index (χ1n) is 15.9. The molecule has 1 aliphatic heterocycles. The molecule has 4 heterocycles. The van der Waals surface area contributed by atoms with Crippen LogP contribution < -0.4 is 10.9 Å². The maximum absolute atomic E-state index is 14.1. The lowest BCUT2D eigenvalue weighted by Crippen LogP contribution is -2.49. The Morgan fingerprint density at radius 3 is 2.40 bits per heavy atom. The van der Waals surface area contributed by atoms with Crippen molar-refractivity contribution in [1.82, 2.24) is 24.2 Å². The monoisotopic (exact) mass is 669 g/mol. The summed E-state index contributed by atoms with van der Waals surface area (Å²) < 4.78 is 58.2. The molecule has 1 fully saturated rings. The Morgan fingerprint density at radius 1 is 1.10 bits per heavy atom. The van der Waals surface area contributed by atoms with E-state index in [1.807, 2.05) is 45.9 Å². The first-order valence-corrected chi connectivity index (χ1v) is 15.9. The third-order valence-electron chi connectivity index (χ3n) is 8.77. The number of fused-ring (bicyclic) bond motifs is 1. The van der Waals surface area contributed by atoms with Crippen molar-refractivity contribution in [2.45, 2.75) is 71.4 Å². The Balaban J connectivity index is 1.54. The number of benzene rings is 1. The molecule has 4 aromatic rings. The number of halogens is 4. The van der Waals surface area contributed by atoms with Crippen molar-refractivity contribution in [2.24, 2.45) is 5.92 Å². The smallest absolute Gasteiger partial charge is 0.416 e. The van der Waals surface area contributed by atoms with Crippen LogP contribution in [0.2, 0.25) is 0 Å². The first kappa shape index (κ1) is 34.8. The van der Waals surface area contributed by atoms with Gasteiger partial charge in [0.15, 0.2) is 0 Å². The summed E-state index contributed by atoms with van der Waals surface area (Å²) in [7, 11) is 0. The SMILES string of the molecule is Cc1cccc(C)c1-c1cc([C@H](CC(=O)O)NC(=O)[C@@H](CC(C)C)n2cc(CCN3CC(F)C3)c(C(F)(F)F)cc2=O)cn2ccnc12. The number of pyridine rings is 2. The fraction of sp³-hybridized carbons (Fsp3) is 0.429. The highest BCUT2D eigenvalue weighted by Gasteiger charge is 2.36. The Hall–Kier alpha value is -4.52. The van der Waals surface area contributed by atoms with E-state index in [4.69, 9.17) is 0 Å². The van der Waals surface area contributed by atoms with Crippen LogP contribution in [0.5, 0.6) is 0 Å². The van der Waals surface area contributed by atoms with Gasteiger partial charge in [0.2, 0.25) is 5.91 Å².